The van der Waals surface area contributed by atoms with Gasteiger partial charge in [-0.15, -0.1) is 0 Å². The quantitative estimate of drug-likeness (QED) is 0.736. The van der Waals surface area contributed by atoms with E-state index in [1.54, 1.807) is 17.9 Å². The molecule has 0 spiro atoms. The van der Waals surface area contributed by atoms with Crippen LogP contribution in [0.1, 0.15) is 10.5 Å². The average molecular weight is 216 g/mol. The van der Waals surface area contributed by atoms with Crippen molar-refractivity contribution in [2.75, 3.05) is 7.11 Å². The van der Waals surface area contributed by atoms with Crippen LogP contribution in [0.15, 0.2) is 30.5 Å². The molecule has 0 unspecified atom stereocenters. The number of aromatic nitrogens is 2. The van der Waals surface area contributed by atoms with Crippen LogP contribution in [0.5, 0.6) is 5.75 Å². The summed E-state index contributed by atoms with van der Waals surface area (Å²) < 4.78 is 6.89. The highest BCUT2D eigenvalue weighted by Gasteiger charge is 2.08. The molecule has 0 saturated heterocycles. The van der Waals surface area contributed by atoms with E-state index in [0.29, 0.717) is 5.69 Å². The van der Waals surface area contributed by atoms with E-state index in [4.69, 9.17) is 4.74 Å². The fraction of sp³-hybridized carbons (Fsp3) is 0.167. The minimum atomic E-state index is 0.554. The molecule has 4 nitrogen and oxygen atoms in total. The Morgan fingerprint density at radius 3 is 2.88 bits per heavy atom. The largest absolute Gasteiger partial charge is 0.497 e. The lowest BCUT2D eigenvalue weighted by atomic mass is 10.2. The van der Waals surface area contributed by atoms with Crippen molar-refractivity contribution in [3.8, 4) is 17.1 Å². The fourth-order valence-electron chi connectivity index (χ4n) is 1.56. The van der Waals surface area contributed by atoms with Crippen molar-refractivity contribution in [1.82, 2.24) is 9.55 Å². The van der Waals surface area contributed by atoms with Gasteiger partial charge in [0.05, 0.1) is 13.3 Å². The van der Waals surface area contributed by atoms with Gasteiger partial charge in [-0.1, -0.05) is 12.1 Å². The maximum Gasteiger partial charge on any atom is 0.168 e. The zero-order valence-corrected chi connectivity index (χ0v) is 9.18. The van der Waals surface area contributed by atoms with Gasteiger partial charge in [-0.05, 0) is 12.1 Å². The fourth-order valence-corrected chi connectivity index (χ4v) is 1.56. The highest BCUT2D eigenvalue weighted by molar-refractivity contribution is 5.74. The molecule has 16 heavy (non-hydrogen) atoms. The molecule has 0 aliphatic heterocycles. The number of methoxy groups -OCH3 is 1. The van der Waals surface area contributed by atoms with Gasteiger partial charge in [-0.2, -0.15) is 0 Å². The van der Waals surface area contributed by atoms with Crippen molar-refractivity contribution in [3.63, 3.8) is 0 Å². The van der Waals surface area contributed by atoms with Crippen LogP contribution in [0.3, 0.4) is 0 Å². The molecule has 1 aromatic heterocycles. The van der Waals surface area contributed by atoms with E-state index in [-0.39, 0.29) is 0 Å². The van der Waals surface area contributed by atoms with E-state index in [9.17, 15) is 4.79 Å². The zero-order chi connectivity index (χ0) is 11.5. The smallest absolute Gasteiger partial charge is 0.168 e. The summed E-state index contributed by atoms with van der Waals surface area (Å²) in [5, 5.41) is 0. The van der Waals surface area contributed by atoms with Gasteiger partial charge in [0.15, 0.2) is 6.29 Å². The van der Waals surface area contributed by atoms with Gasteiger partial charge in [0, 0.05) is 12.6 Å². The van der Waals surface area contributed by atoms with Crippen LogP contribution in [0.25, 0.3) is 11.4 Å². The standard InChI is InChI=1S/C12H12N2O2/c1-14-10(8-15)7-13-12(14)9-4-3-5-11(6-9)16-2/h3-8H,1-2H3. The molecule has 0 aliphatic rings. The molecule has 2 aromatic rings. The minimum absolute atomic E-state index is 0.554. The Morgan fingerprint density at radius 1 is 1.44 bits per heavy atom. The molecule has 0 aliphatic carbocycles. The lowest BCUT2D eigenvalue weighted by molar-refractivity contribution is 0.111. The first kappa shape index (κ1) is 10.4. The van der Waals surface area contributed by atoms with Gasteiger partial charge in [0.2, 0.25) is 0 Å². The number of aldehydes is 1. The van der Waals surface area contributed by atoms with Gasteiger partial charge in [0.1, 0.15) is 17.3 Å². The average Bonchev–Trinajstić information content (AvgIpc) is 2.70. The molecule has 0 radical (unpaired) electrons. The van der Waals surface area contributed by atoms with E-state index in [1.165, 1.54) is 0 Å². The zero-order valence-electron chi connectivity index (χ0n) is 9.18. The van der Waals surface area contributed by atoms with E-state index in [2.05, 4.69) is 4.98 Å². The number of carbonyl (C=O) groups is 1. The highest BCUT2D eigenvalue weighted by Crippen LogP contribution is 2.22. The van der Waals surface area contributed by atoms with Crippen LogP contribution >= 0.6 is 0 Å². The molecule has 4 heteroatoms. The second-order valence-corrected chi connectivity index (χ2v) is 3.42. The second kappa shape index (κ2) is 4.18. The maximum atomic E-state index is 10.7. The lowest BCUT2D eigenvalue weighted by Gasteiger charge is -2.05. The van der Waals surface area contributed by atoms with Crippen LogP contribution in [0.4, 0.5) is 0 Å². The first-order valence-corrected chi connectivity index (χ1v) is 4.87. The monoisotopic (exact) mass is 216 g/mol. The number of carbonyl (C=O) groups excluding carboxylic acids is 1. The molecular formula is C12H12N2O2. The number of imidazole rings is 1. The summed E-state index contributed by atoms with van der Waals surface area (Å²) in [6, 6.07) is 7.58. The van der Waals surface area contributed by atoms with Crippen LogP contribution in [-0.4, -0.2) is 22.9 Å². The summed E-state index contributed by atoms with van der Waals surface area (Å²) in [5.74, 6) is 1.52. The van der Waals surface area contributed by atoms with Gasteiger partial charge in [-0.25, -0.2) is 4.98 Å². The van der Waals surface area contributed by atoms with Crippen LogP contribution < -0.4 is 4.74 Å². The third-order valence-corrected chi connectivity index (χ3v) is 2.47. The van der Waals surface area contributed by atoms with E-state index < -0.39 is 0 Å². The highest BCUT2D eigenvalue weighted by atomic mass is 16.5. The number of benzene rings is 1. The molecule has 0 atom stereocenters. The molecule has 0 bridgehead atoms. The summed E-state index contributed by atoms with van der Waals surface area (Å²) in [7, 11) is 3.43. The Hall–Kier alpha value is -2.10. The molecule has 1 aromatic carbocycles. The van der Waals surface area contributed by atoms with Gasteiger partial charge < -0.3 is 9.30 Å². The van der Waals surface area contributed by atoms with Gasteiger partial charge in [0.25, 0.3) is 0 Å². The summed E-state index contributed by atoms with van der Waals surface area (Å²) >= 11 is 0. The van der Waals surface area contributed by atoms with Crippen LogP contribution in [0, 0.1) is 0 Å². The lowest BCUT2D eigenvalue weighted by Crippen LogP contribution is -1.97. The topological polar surface area (TPSA) is 44.1 Å². The number of ether oxygens (including phenoxy) is 1. The Labute approximate surface area is 93.5 Å². The maximum absolute atomic E-state index is 10.7. The Balaban J connectivity index is 2.49. The predicted octanol–water partition coefficient (Wildman–Crippen LogP) is 1.91. The number of nitrogens with zero attached hydrogens (tertiary/aromatic N) is 2. The number of hydrogen-bond donors (Lipinski definition) is 0. The summed E-state index contributed by atoms with van der Waals surface area (Å²) in [4.78, 5) is 14.9. The second-order valence-electron chi connectivity index (χ2n) is 3.42. The Morgan fingerprint density at radius 2 is 2.25 bits per heavy atom. The summed E-state index contributed by atoms with van der Waals surface area (Å²) in [5.41, 5.74) is 1.48. The van der Waals surface area contributed by atoms with Crippen molar-refractivity contribution in [2.24, 2.45) is 7.05 Å². The summed E-state index contributed by atoms with van der Waals surface area (Å²) in [6.07, 6.45) is 2.35. The molecule has 0 N–H and O–H groups in total. The predicted molar refractivity (Wildman–Crippen MR) is 60.6 cm³/mol. The molecule has 1 heterocycles. The SMILES string of the molecule is COc1cccc(-c2ncc(C=O)n2C)c1. The summed E-state index contributed by atoms with van der Waals surface area (Å²) in [6.45, 7) is 0. The van der Waals surface area contributed by atoms with Gasteiger partial charge >= 0.3 is 0 Å². The molecular weight excluding hydrogens is 204 g/mol. The first-order valence-electron chi connectivity index (χ1n) is 4.87. The Bertz CT molecular complexity index is 517. The third kappa shape index (κ3) is 1.69. The van der Waals surface area contributed by atoms with Gasteiger partial charge in [-0.3, -0.25) is 4.79 Å². The first-order chi connectivity index (χ1) is 7.76. The molecule has 0 fully saturated rings. The van der Waals surface area contributed by atoms with Crippen molar-refractivity contribution in [3.05, 3.63) is 36.2 Å². The third-order valence-electron chi connectivity index (χ3n) is 2.47. The minimum Gasteiger partial charge on any atom is -0.497 e. The van der Waals surface area contributed by atoms with Crippen molar-refractivity contribution in [1.29, 1.82) is 0 Å². The van der Waals surface area contributed by atoms with E-state index in [0.717, 1.165) is 23.4 Å². The van der Waals surface area contributed by atoms with Crippen molar-refractivity contribution in [2.45, 2.75) is 0 Å². The number of rotatable bonds is 3. The van der Waals surface area contributed by atoms with E-state index in [1.807, 2.05) is 31.3 Å². The molecule has 0 amide bonds. The van der Waals surface area contributed by atoms with Crippen LogP contribution in [-0.2, 0) is 7.05 Å². The molecule has 2 rings (SSSR count). The number of hydrogen-bond acceptors (Lipinski definition) is 3. The van der Waals surface area contributed by atoms with Crippen molar-refractivity contribution >= 4 is 6.29 Å². The molecule has 82 valence electrons. The normalized spacial score (nSPS) is 10.1. The molecule has 0 saturated carbocycles. The Kier molecular flexibility index (Phi) is 2.72. The van der Waals surface area contributed by atoms with E-state index >= 15 is 0 Å². The van der Waals surface area contributed by atoms with Crippen molar-refractivity contribution < 1.29 is 9.53 Å². The van der Waals surface area contributed by atoms with Crippen LogP contribution in [0.2, 0.25) is 0 Å².